The first-order valence-electron chi connectivity index (χ1n) is 7.04. The van der Waals surface area contributed by atoms with Crippen LogP contribution in [0.3, 0.4) is 0 Å². The van der Waals surface area contributed by atoms with Gasteiger partial charge in [0.05, 0.1) is 17.2 Å². The Morgan fingerprint density at radius 3 is 2.82 bits per heavy atom. The van der Waals surface area contributed by atoms with Crippen LogP contribution in [-0.4, -0.2) is 17.4 Å². The molecule has 4 heteroatoms. The second kappa shape index (κ2) is 4.91. The Morgan fingerprint density at radius 2 is 2.00 bits per heavy atom. The van der Waals surface area contributed by atoms with Crippen molar-refractivity contribution in [2.75, 3.05) is 6.61 Å². The second-order valence-corrected chi connectivity index (χ2v) is 5.29. The van der Waals surface area contributed by atoms with Crippen molar-refractivity contribution in [3.05, 3.63) is 71.8 Å². The zero-order valence-corrected chi connectivity index (χ0v) is 11.6. The van der Waals surface area contributed by atoms with Crippen molar-refractivity contribution in [3.63, 3.8) is 0 Å². The van der Waals surface area contributed by atoms with E-state index in [4.69, 9.17) is 4.74 Å². The predicted octanol–water partition coefficient (Wildman–Crippen LogP) is 3.73. The Bertz CT molecular complexity index is 877. The maximum atomic E-state index is 13.6. The lowest BCUT2D eigenvalue weighted by Crippen LogP contribution is -2.27. The van der Waals surface area contributed by atoms with Crippen molar-refractivity contribution in [2.24, 2.45) is 0 Å². The smallest absolute Gasteiger partial charge is 0.179 e. The van der Waals surface area contributed by atoms with Crippen LogP contribution in [0.4, 0.5) is 4.39 Å². The molecule has 0 bridgehead atoms. The van der Waals surface area contributed by atoms with Crippen LogP contribution >= 0.6 is 0 Å². The molecular formula is C18H12FNO2. The van der Waals surface area contributed by atoms with Crippen molar-refractivity contribution in [1.29, 1.82) is 0 Å². The van der Waals surface area contributed by atoms with Crippen molar-refractivity contribution < 1.29 is 13.9 Å². The largest absolute Gasteiger partial charge is 0.492 e. The number of carbonyl (C=O) groups is 1. The Kier molecular flexibility index (Phi) is 2.89. The molecule has 0 spiro atoms. The van der Waals surface area contributed by atoms with Gasteiger partial charge < -0.3 is 4.74 Å². The van der Waals surface area contributed by atoms with Gasteiger partial charge in [-0.15, -0.1) is 0 Å². The van der Waals surface area contributed by atoms with Crippen LogP contribution in [0.2, 0.25) is 0 Å². The van der Waals surface area contributed by atoms with Crippen LogP contribution in [-0.2, 0) is 0 Å². The van der Waals surface area contributed by atoms with Crippen LogP contribution < -0.4 is 4.74 Å². The van der Waals surface area contributed by atoms with E-state index in [1.54, 1.807) is 24.4 Å². The van der Waals surface area contributed by atoms with Crippen LogP contribution in [0.5, 0.6) is 5.75 Å². The molecule has 1 aromatic heterocycles. The summed E-state index contributed by atoms with van der Waals surface area (Å²) in [4.78, 5) is 17.1. The molecule has 0 saturated carbocycles. The minimum absolute atomic E-state index is 0.0730. The standard InChI is InChI=1S/C18H12FNO2/c19-12-6-4-11-5-7-16-17(13(11)9-12)18(21)14(10-22-16)15-3-1-2-8-20-15/h1-9,14H,10H2. The molecule has 0 aliphatic carbocycles. The number of benzene rings is 2. The van der Waals surface area contributed by atoms with Gasteiger partial charge in [-0.3, -0.25) is 9.78 Å². The molecule has 0 N–H and O–H groups in total. The summed E-state index contributed by atoms with van der Waals surface area (Å²) in [6.45, 7) is 0.254. The number of fused-ring (bicyclic) bond motifs is 3. The molecule has 1 unspecified atom stereocenters. The number of pyridine rings is 1. The number of carbonyl (C=O) groups excluding carboxylic acids is 1. The van der Waals surface area contributed by atoms with Gasteiger partial charge in [0.25, 0.3) is 0 Å². The van der Waals surface area contributed by atoms with E-state index in [9.17, 15) is 9.18 Å². The van der Waals surface area contributed by atoms with Gasteiger partial charge in [-0.05, 0) is 41.1 Å². The highest BCUT2D eigenvalue weighted by molar-refractivity contribution is 6.13. The summed E-state index contributed by atoms with van der Waals surface area (Å²) < 4.78 is 19.3. The van der Waals surface area contributed by atoms with Crippen LogP contribution in [0.25, 0.3) is 10.8 Å². The molecule has 2 aromatic carbocycles. The Hall–Kier alpha value is -2.75. The number of hydrogen-bond donors (Lipinski definition) is 0. The molecule has 2 heterocycles. The van der Waals surface area contributed by atoms with E-state index in [1.807, 2.05) is 18.2 Å². The molecule has 0 radical (unpaired) electrons. The van der Waals surface area contributed by atoms with Gasteiger partial charge in [0.1, 0.15) is 18.2 Å². The summed E-state index contributed by atoms with van der Waals surface area (Å²) in [6.07, 6.45) is 1.65. The fraction of sp³-hybridized carbons (Fsp3) is 0.111. The quantitative estimate of drug-likeness (QED) is 0.686. The normalized spacial score (nSPS) is 17.1. The number of halogens is 1. The molecule has 1 aliphatic rings. The lowest BCUT2D eigenvalue weighted by molar-refractivity contribution is 0.0896. The average Bonchev–Trinajstić information content (AvgIpc) is 2.55. The molecule has 108 valence electrons. The molecular weight excluding hydrogens is 281 g/mol. The van der Waals surface area contributed by atoms with Gasteiger partial charge >= 0.3 is 0 Å². The monoisotopic (exact) mass is 293 g/mol. The number of hydrogen-bond acceptors (Lipinski definition) is 3. The summed E-state index contributed by atoms with van der Waals surface area (Å²) in [5.74, 6) is -0.386. The molecule has 4 rings (SSSR count). The summed E-state index contributed by atoms with van der Waals surface area (Å²) in [5, 5.41) is 1.40. The Labute approximate surface area is 126 Å². The summed E-state index contributed by atoms with van der Waals surface area (Å²) >= 11 is 0. The summed E-state index contributed by atoms with van der Waals surface area (Å²) in [5.41, 5.74) is 1.12. The van der Waals surface area contributed by atoms with Gasteiger partial charge in [-0.1, -0.05) is 18.2 Å². The minimum atomic E-state index is -0.456. The number of nitrogens with zero attached hydrogens (tertiary/aromatic N) is 1. The van der Waals surface area contributed by atoms with Crippen LogP contribution in [0, 0.1) is 5.82 Å². The van der Waals surface area contributed by atoms with E-state index in [-0.39, 0.29) is 18.2 Å². The molecule has 22 heavy (non-hydrogen) atoms. The number of Topliss-reactive ketones (excluding diaryl/α,β-unsaturated/α-hetero) is 1. The molecule has 3 aromatic rings. The third kappa shape index (κ3) is 1.96. The highest BCUT2D eigenvalue weighted by Gasteiger charge is 2.32. The Balaban J connectivity index is 1.90. The first-order valence-corrected chi connectivity index (χ1v) is 7.04. The minimum Gasteiger partial charge on any atom is -0.492 e. The van der Waals surface area contributed by atoms with Gasteiger partial charge in [-0.25, -0.2) is 4.39 Å². The number of aromatic nitrogens is 1. The number of ketones is 1. The van der Waals surface area contributed by atoms with Crippen molar-refractivity contribution in [1.82, 2.24) is 4.98 Å². The fourth-order valence-electron chi connectivity index (χ4n) is 2.87. The molecule has 3 nitrogen and oxygen atoms in total. The molecule has 0 saturated heterocycles. The molecule has 1 atom stereocenters. The van der Waals surface area contributed by atoms with E-state index in [0.29, 0.717) is 22.4 Å². The van der Waals surface area contributed by atoms with E-state index >= 15 is 0 Å². The lowest BCUT2D eigenvalue weighted by atomic mass is 9.89. The van der Waals surface area contributed by atoms with Crippen LogP contribution in [0.15, 0.2) is 54.7 Å². The SMILES string of the molecule is O=C1c2c(ccc3ccc(F)cc23)OCC1c1ccccn1. The second-order valence-electron chi connectivity index (χ2n) is 5.29. The average molecular weight is 293 g/mol. The van der Waals surface area contributed by atoms with Crippen LogP contribution in [0.1, 0.15) is 22.0 Å². The van der Waals surface area contributed by atoms with E-state index < -0.39 is 5.92 Å². The van der Waals surface area contributed by atoms with Gasteiger partial charge in [0.15, 0.2) is 5.78 Å². The topological polar surface area (TPSA) is 39.2 Å². The highest BCUT2D eigenvalue weighted by atomic mass is 19.1. The zero-order valence-electron chi connectivity index (χ0n) is 11.6. The fourth-order valence-corrected chi connectivity index (χ4v) is 2.87. The van der Waals surface area contributed by atoms with Gasteiger partial charge in [-0.2, -0.15) is 0 Å². The maximum Gasteiger partial charge on any atom is 0.179 e. The zero-order chi connectivity index (χ0) is 15.1. The van der Waals surface area contributed by atoms with Crippen molar-refractivity contribution in [2.45, 2.75) is 5.92 Å². The maximum absolute atomic E-state index is 13.6. The molecule has 1 aliphatic heterocycles. The third-order valence-electron chi connectivity index (χ3n) is 3.96. The van der Waals surface area contributed by atoms with E-state index in [0.717, 1.165) is 5.39 Å². The number of rotatable bonds is 1. The lowest BCUT2D eigenvalue weighted by Gasteiger charge is -2.25. The number of ether oxygens (including phenoxy) is 1. The first-order chi connectivity index (χ1) is 10.7. The molecule has 0 amide bonds. The Morgan fingerprint density at radius 1 is 1.14 bits per heavy atom. The third-order valence-corrected chi connectivity index (χ3v) is 3.96. The van der Waals surface area contributed by atoms with Crippen molar-refractivity contribution in [3.8, 4) is 5.75 Å². The molecule has 0 fully saturated rings. The van der Waals surface area contributed by atoms with Crippen molar-refractivity contribution >= 4 is 16.6 Å². The highest BCUT2D eigenvalue weighted by Crippen LogP contribution is 2.36. The summed E-state index contributed by atoms with van der Waals surface area (Å²) in [7, 11) is 0. The van der Waals surface area contributed by atoms with Gasteiger partial charge in [0, 0.05) is 6.20 Å². The van der Waals surface area contributed by atoms with E-state index in [1.165, 1.54) is 12.1 Å². The first kappa shape index (κ1) is 13.0. The van der Waals surface area contributed by atoms with Gasteiger partial charge in [0.2, 0.25) is 0 Å². The van der Waals surface area contributed by atoms with E-state index in [2.05, 4.69) is 4.98 Å². The predicted molar refractivity (Wildman–Crippen MR) is 80.7 cm³/mol. The summed E-state index contributed by atoms with van der Waals surface area (Å²) in [6, 6.07) is 13.5.